The normalized spacial score (nSPS) is 14.5. The quantitative estimate of drug-likeness (QED) is 0.0436. The van der Waals surface area contributed by atoms with Crippen LogP contribution in [-0.4, -0.2) is 48.5 Å². The van der Waals surface area contributed by atoms with Gasteiger partial charge in [0, 0.05) is 59.9 Å². The first kappa shape index (κ1) is 45.3. The fourth-order valence-electron chi connectivity index (χ4n) is 7.93. The molecule has 0 aromatic heterocycles. The summed E-state index contributed by atoms with van der Waals surface area (Å²) in [6.45, 7) is -0.0129. The van der Waals surface area contributed by atoms with Crippen LogP contribution in [0.4, 0.5) is 83.2 Å². The number of non-ortho nitro benzene ring substituents is 2. The van der Waals surface area contributed by atoms with Crippen molar-refractivity contribution in [3.8, 4) is 11.5 Å². The lowest BCUT2D eigenvalue weighted by Crippen LogP contribution is -2.55. The number of nitrogens with two attached hydrogens (primary N) is 2. The highest BCUT2D eigenvalue weighted by atomic mass is 19.4. The zero-order valence-electron chi connectivity index (χ0n) is 34.7. The maximum Gasteiger partial charge on any atom is 0.411 e. The summed E-state index contributed by atoms with van der Waals surface area (Å²) in [7, 11) is 0. The first-order valence-electron chi connectivity index (χ1n) is 20.2. The Balaban J connectivity index is 1.09. The SMILES string of the molecule is Nc1cc(C(c2cc(N)c3c(c2)CN(c2ccc(N=Nc4ccc([N+](=O)[O-])cc4)cc2)CCO3)(C(F)(F)F)C(F)(F)F)cc2c1OCCN(c1ccc(N=Nc3ccc([N+](=O)[O-])cc3)cc1)C2. The number of nitro benzene ring substituents is 2. The first-order chi connectivity index (χ1) is 31.9. The van der Waals surface area contributed by atoms with E-state index in [9.17, 15) is 20.2 Å². The van der Waals surface area contributed by atoms with E-state index in [2.05, 4.69) is 20.5 Å². The summed E-state index contributed by atoms with van der Waals surface area (Å²) >= 11 is 0. The molecule has 0 atom stereocenters. The Morgan fingerprint density at radius 2 is 0.821 bits per heavy atom. The summed E-state index contributed by atoms with van der Waals surface area (Å²) in [4.78, 5) is 24.2. The van der Waals surface area contributed by atoms with Crippen molar-refractivity contribution in [3.63, 3.8) is 0 Å². The van der Waals surface area contributed by atoms with E-state index in [1.165, 1.54) is 48.5 Å². The van der Waals surface area contributed by atoms with E-state index in [0.717, 1.165) is 12.1 Å². The van der Waals surface area contributed by atoms with E-state index < -0.39 is 50.1 Å². The Morgan fingerprint density at radius 1 is 0.507 bits per heavy atom. The predicted octanol–water partition coefficient (Wildman–Crippen LogP) is 11.7. The zero-order valence-corrected chi connectivity index (χ0v) is 34.7. The van der Waals surface area contributed by atoms with Gasteiger partial charge in [0.05, 0.1) is 57.1 Å². The van der Waals surface area contributed by atoms with Crippen LogP contribution in [0.5, 0.6) is 11.5 Å². The third-order valence-corrected chi connectivity index (χ3v) is 11.2. The van der Waals surface area contributed by atoms with Crippen LogP contribution < -0.4 is 30.7 Å². The minimum Gasteiger partial charge on any atom is -0.489 e. The molecule has 0 radical (unpaired) electrons. The van der Waals surface area contributed by atoms with Gasteiger partial charge in [-0.1, -0.05) is 0 Å². The number of halogens is 6. The second-order valence-corrected chi connectivity index (χ2v) is 15.4. The Morgan fingerprint density at radius 3 is 1.12 bits per heavy atom. The highest BCUT2D eigenvalue weighted by Gasteiger charge is 2.73. The van der Waals surface area contributed by atoms with Crippen molar-refractivity contribution in [2.24, 2.45) is 20.5 Å². The largest absolute Gasteiger partial charge is 0.489 e. The maximum atomic E-state index is 15.8. The molecule has 0 saturated carbocycles. The van der Waals surface area contributed by atoms with Crippen LogP contribution in [0, 0.1) is 20.2 Å². The number of hydrogen-bond acceptors (Lipinski definition) is 14. The molecule has 2 aliphatic heterocycles. The highest BCUT2D eigenvalue weighted by Crippen LogP contribution is 2.58. The van der Waals surface area contributed by atoms with Gasteiger partial charge in [0.25, 0.3) is 11.4 Å². The first-order valence-corrected chi connectivity index (χ1v) is 20.2. The highest BCUT2D eigenvalue weighted by molar-refractivity contribution is 5.68. The monoisotopic (exact) mass is 926 g/mol. The Bertz CT molecular complexity index is 2680. The van der Waals surface area contributed by atoms with Crippen molar-refractivity contribution in [1.29, 1.82) is 0 Å². The van der Waals surface area contributed by atoms with Crippen LogP contribution in [0.25, 0.3) is 0 Å². The summed E-state index contributed by atoms with van der Waals surface area (Å²) in [6, 6.07) is 26.7. The molecule has 4 N–H and O–H groups in total. The Kier molecular flexibility index (Phi) is 12.1. The number of anilines is 4. The lowest BCUT2D eigenvalue weighted by atomic mass is 9.71. The van der Waals surface area contributed by atoms with Gasteiger partial charge in [-0.05, 0) is 108 Å². The molecule has 2 aliphatic rings. The maximum absolute atomic E-state index is 15.8. The molecule has 0 bridgehead atoms. The van der Waals surface area contributed by atoms with Gasteiger partial charge in [-0.25, -0.2) is 0 Å². The average molecular weight is 927 g/mol. The zero-order chi connectivity index (χ0) is 47.7. The fraction of sp³-hybridized carbons (Fsp3) is 0.200. The molecule has 0 aliphatic carbocycles. The van der Waals surface area contributed by atoms with Crippen molar-refractivity contribution in [2.45, 2.75) is 30.9 Å². The molecule has 8 rings (SSSR count). The molecule has 2 heterocycles. The van der Waals surface area contributed by atoms with E-state index >= 15 is 26.3 Å². The van der Waals surface area contributed by atoms with Crippen molar-refractivity contribution < 1.29 is 45.7 Å². The van der Waals surface area contributed by atoms with Gasteiger partial charge in [-0.2, -0.15) is 46.8 Å². The summed E-state index contributed by atoms with van der Waals surface area (Å²) in [6.07, 6.45) is -12.0. The van der Waals surface area contributed by atoms with Crippen LogP contribution in [0.3, 0.4) is 0 Å². The molecular formula is C45H36F6N10O6. The Labute approximate surface area is 376 Å². The van der Waals surface area contributed by atoms with Crippen LogP contribution in [0.15, 0.2) is 142 Å². The molecule has 22 heteroatoms. The standard InChI is InChI=1S/C45H36F6N10O6/c46-44(47,48)43(45(49,50)51,29-21-27-25-58(17-19-66-41(27)39(52)23-29)35-9-1-31(2-10-35)54-56-33-5-13-37(14-6-33)60(62)63)30-22-28-26-59(18-20-67-42(28)40(53)24-30)36-11-3-32(4-12-36)55-57-34-7-15-38(16-8-34)61(64)65/h1-16,21-24H,17-20,25-26,52-53H2. The Hall–Kier alpha value is -8.30. The van der Waals surface area contributed by atoms with E-state index in [1.54, 1.807) is 58.3 Å². The molecule has 67 heavy (non-hydrogen) atoms. The van der Waals surface area contributed by atoms with E-state index in [0.29, 0.717) is 46.3 Å². The predicted molar refractivity (Wildman–Crippen MR) is 235 cm³/mol. The fourth-order valence-corrected chi connectivity index (χ4v) is 7.93. The molecule has 0 fully saturated rings. The number of fused-ring (bicyclic) bond motifs is 2. The molecule has 0 spiro atoms. The van der Waals surface area contributed by atoms with Crippen molar-refractivity contribution in [1.82, 2.24) is 0 Å². The van der Waals surface area contributed by atoms with Crippen LogP contribution in [0.1, 0.15) is 22.3 Å². The molecular weight excluding hydrogens is 891 g/mol. The van der Waals surface area contributed by atoms with Crippen LogP contribution in [0.2, 0.25) is 0 Å². The van der Waals surface area contributed by atoms with Gasteiger partial charge in [0.15, 0.2) is 0 Å². The van der Waals surface area contributed by atoms with Gasteiger partial charge in [0.1, 0.15) is 24.7 Å². The minimum absolute atomic E-state index is 0.00526. The topological polar surface area (TPSA) is 213 Å². The van der Waals surface area contributed by atoms with Gasteiger partial charge in [0.2, 0.25) is 5.41 Å². The average Bonchev–Trinajstić information content (AvgIpc) is 3.65. The molecule has 344 valence electrons. The molecule has 0 unspecified atom stereocenters. The number of nitro groups is 2. The number of nitrogens with zero attached hydrogens (tertiary/aromatic N) is 8. The molecule has 16 nitrogen and oxygen atoms in total. The number of rotatable bonds is 10. The van der Waals surface area contributed by atoms with Crippen molar-refractivity contribution >= 4 is 56.9 Å². The lowest BCUT2D eigenvalue weighted by Gasteiger charge is -2.39. The second kappa shape index (κ2) is 17.9. The minimum atomic E-state index is -5.99. The smallest absolute Gasteiger partial charge is 0.411 e. The summed E-state index contributed by atoms with van der Waals surface area (Å²) in [5, 5.41) is 38.3. The number of benzene rings is 6. The molecule has 0 saturated heterocycles. The summed E-state index contributed by atoms with van der Waals surface area (Å²) in [5.74, 6) is -0.107. The number of alkyl halides is 6. The molecule has 6 aromatic rings. The van der Waals surface area contributed by atoms with Gasteiger partial charge < -0.3 is 30.7 Å². The van der Waals surface area contributed by atoms with Gasteiger partial charge in [-0.3, -0.25) is 20.2 Å². The number of azo groups is 2. The second-order valence-electron chi connectivity index (χ2n) is 15.4. The van der Waals surface area contributed by atoms with Gasteiger partial charge >= 0.3 is 12.4 Å². The van der Waals surface area contributed by atoms with Gasteiger partial charge in [-0.15, -0.1) is 0 Å². The lowest BCUT2D eigenvalue weighted by molar-refractivity contribution is -0.385. The number of hydrogen-bond donors (Lipinski definition) is 2. The molecule has 6 aromatic carbocycles. The molecule has 0 amide bonds. The summed E-state index contributed by atoms with van der Waals surface area (Å²) in [5.41, 5.74) is 6.98. The third-order valence-electron chi connectivity index (χ3n) is 11.2. The number of nitrogen functional groups attached to an aromatic ring is 2. The van der Waals surface area contributed by atoms with Crippen molar-refractivity contribution in [2.75, 3.05) is 47.6 Å². The van der Waals surface area contributed by atoms with E-state index in [-0.39, 0.29) is 73.4 Å². The van der Waals surface area contributed by atoms with Crippen molar-refractivity contribution in [3.05, 3.63) is 164 Å². The third kappa shape index (κ3) is 9.17. The van der Waals surface area contributed by atoms with Crippen LogP contribution in [-0.2, 0) is 18.5 Å². The van der Waals surface area contributed by atoms with E-state index in [4.69, 9.17) is 20.9 Å². The van der Waals surface area contributed by atoms with E-state index in [1.807, 2.05) is 0 Å². The summed E-state index contributed by atoms with van der Waals surface area (Å²) < 4.78 is 106. The number of ether oxygens (including phenoxy) is 2. The van der Waals surface area contributed by atoms with Crippen LogP contribution >= 0.6 is 0 Å².